The van der Waals surface area contributed by atoms with Crippen LogP contribution in [0.2, 0.25) is 0 Å². The van der Waals surface area contributed by atoms with Gasteiger partial charge in [0.05, 0.1) is 24.3 Å². The number of carbonyl (C=O) groups is 1. The third-order valence-electron chi connectivity index (χ3n) is 7.34. The molecule has 3 N–H and O–H groups in total. The summed E-state index contributed by atoms with van der Waals surface area (Å²) in [5.74, 6) is 8.00. The van der Waals surface area contributed by atoms with Crippen molar-refractivity contribution in [2.24, 2.45) is 0 Å². The number of rotatable bonds is 15. The number of aromatic nitrogens is 1. The largest absolute Gasteiger partial charge is 0.382 e. The molecule has 3 aromatic rings. The van der Waals surface area contributed by atoms with Gasteiger partial charge in [-0.1, -0.05) is 25.8 Å². The third kappa shape index (κ3) is 8.76. The molecule has 42 heavy (non-hydrogen) atoms. The van der Waals surface area contributed by atoms with Crippen LogP contribution in [0.4, 0.5) is 15.8 Å². The van der Waals surface area contributed by atoms with Crippen LogP contribution >= 0.6 is 11.9 Å². The SMILES string of the molecule is CCCN(CCNC=O)Sc1ccc(NCC#Cc2cc3c(NC4CCS(=O)CC4)cccc3n2CCF)c(CC)c1. The Labute approximate surface area is 256 Å². The van der Waals surface area contributed by atoms with E-state index in [0.717, 1.165) is 84.7 Å². The zero-order valence-electron chi connectivity index (χ0n) is 24.6. The predicted molar refractivity (Wildman–Crippen MR) is 175 cm³/mol. The topological polar surface area (TPSA) is 78.4 Å². The van der Waals surface area contributed by atoms with Gasteiger partial charge in [0, 0.05) is 69.6 Å². The van der Waals surface area contributed by atoms with Crippen LogP contribution in [-0.2, 0) is 28.6 Å². The van der Waals surface area contributed by atoms with Gasteiger partial charge in [-0.2, -0.15) is 0 Å². The fraction of sp³-hybridized carbons (Fsp3) is 0.469. The summed E-state index contributed by atoms with van der Waals surface area (Å²) in [6, 6.07) is 14.9. The van der Waals surface area contributed by atoms with Crippen molar-refractivity contribution >= 4 is 51.4 Å². The first-order chi connectivity index (χ1) is 20.6. The lowest BCUT2D eigenvalue weighted by atomic mass is 10.1. The highest BCUT2D eigenvalue weighted by molar-refractivity contribution is 7.97. The molecule has 7 nitrogen and oxygen atoms in total. The van der Waals surface area contributed by atoms with Gasteiger partial charge < -0.3 is 20.5 Å². The maximum Gasteiger partial charge on any atom is 0.207 e. The van der Waals surface area contributed by atoms with E-state index in [1.54, 1.807) is 11.9 Å². The van der Waals surface area contributed by atoms with Gasteiger partial charge in [0.15, 0.2) is 0 Å². The first-order valence-electron chi connectivity index (χ1n) is 14.8. The summed E-state index contributed by atoms with van der Waals surface area (Å²) in [6.07, 6.45) is 4.46. The Morgan fingerprint density at radius 3 is 2.71 bits per heavy atom. The van der Waals surface area contributed by atoms with E-state index >= 15 is 0 Å². The molecular formula is C32H42FN5O2S2. The maximum absolute atomic E-state index is 13.6. The van der Waals surface area contributed by atoms with Gasteiger partial charge in [0.2, 0.25) is 6.41 Å². The minimum absolute atomic E-state index is 0.256. The first kappa shape index (κ1) is 31.9. The lowest BCUT2D eigenvalue weighted by Gasteiger charge is -2.24. The van der Waals surface area contributed by atoms with Crippen molar-refractivity contribution in [3.8, 4) is 11.8 Å². The molecule has 10 heteroatoms. The summed E-state index contributed by atoms with van der Waals surface area (Å²) < 4.78 is 29.6. The normalized spacial score (nSPS) is 16.7. The highest BCUT2D eigenvalue weighted by Gasteiger charge is 2.19. The number of hydrogen-bond acceptors (Lipinski definition) is 6. The van der Waals surface area contributed by atoms with Crippen molar-refractivity contribution in [2.75, 3.05) is 55.0 Å². The third-order valence-corrected chi connectivity index (χ3v) is 9.81. The van der Waals surface area contributed by atoms with E-state index in [0.29, 0.717) is 19.1 Å². The Kier molecular flexibility index (Phi) is 12.6. The quantitative estimate of drug-likeness (QED) is 0.0922. The Bertz CT molecular complexity index is 1410. The van der Waals surface area contributed by atoms with Crippen molar-refractivity contribution in [3.05, 3.63) is 53.7 Å². The molecule has 0 radical (unpaired) electrons. The highest BCUT2D eigenvalue weighted by atomic mass is 32.2. The molecule has 1 aliphatic heterocycles. The number of nitrogens with zero attached hydrogens (tertiary/aromatic N) is 2. The second kappa shape index (κ2) is 16.6. The average molecular weight is 612 g/mol. The Hall–Kier alpha value is -3.00. The molecule has 0 atom stereocenters. The van der Waals surface area contributed by atoms with E-state index in [2.05, 4.69) is 76.3 Å². The molecule has 1 aliphatic rings. The zero-order valence-corrected chi connectivity index (χ0v) is 26.2. The molecule has 1 amide bonds. The van der Waals surface area contributed by atoms with Crippen molar-refractivity contribution in [1.82, 2.24) is 14.2 Å². The summed E-state index contributed by atoms with van der Waals surface area (Å²) in [6.45, 7) is 6.92. The molecule has 1 aromatic heterocycles. The number of carbonyl (C=O) groups excluding carboxylic acids is 1. The lowest BCUT2D eigenvalue weighted by molar-refractivity contribution is -0.109. The van der Waals surface area contributed by atoms with E-state index in [-0.39, 0.29) is 6.54 Å². The number of fused-ring (bicyclic) bond motifs is 1. The second-order valence-electron chi connectivity index (χ2n) is 10.3. The molecule has 0 spiro atoms. The highest BCUT2D eigenvalue weighted by Crippen LogP contribution is 2.30. The molecule has 0 unspecified atom stereocenters. The fourth-order valence-electron chi connectivity index (χ4n) is 5.21. The summed E-state index contributed by atoms with van der Waals surface area (Å²) in [5.41, 5.74) is 5.07. The van der Waals surface area contributed by atoms with Crippen LogP contribution in [0.1, 0.15) is 44.4 Å². The summed E-state index contributed by atoms with van der Waals surface area (Å²) in [7, 11) is -0.701. The fourth-order valence-corrected chi connectivity index (χ4v) is 7.59. The van der Waals surface area contributed by atoms with Gasteiger partial charge >= 0.3 is 0 Å². The van der Waals surface area contributed by atoms with Crippen LogP contribution in [-0.4, -0.2) is 69.9 Å². The number of nitrogens with one attached hydrogen (secondary N) is 3. The summed E-state index contributed by atoms with van der Waals surface area (Å²) >= 11 is 1.72. The van der Waals surface area contributed by atoms with E-state index in [1.165, 1.54) is 10.5 Å². The molecule has 4 rings (SSSR count). The molecule has 0 saturated carbocycles. The van der Waals surface area contributed by atoms with Gasteiger partial charge in [-0.3, -0.25) is 9.00 Å². The molecular weight excluding hydrogens is 570 g/mol. The number of aryl methyl sites for hydroxylation is 2. The molecule has 0 aliphatic carbocycles. The molecule has 1 saturated heterocycles. The number of halogens is 1. The number of benzene rings is 2. The smallest absolute Gasteiger partial charge is 0.207 e. The van der Waals surface area contributed by atoms with Crippen LogP contribution < -0.4 is 16.0 Å². The minimum atomic E-state index is -0.701. The van der Waals surface area contributed by atoms with E-state index in [1.807, 2.05) is 16.7 Å². The standard InChI is InChI=1S/C32H42FN5O2S2/c1-3-17-37(19-16-34-24-39)41-28-10-11-30(25(4-2)22-28)35-15-6-7-27-23-29-31(36-26-12-20-42(40)21-13-26)8-5-9-32(29)38(27)18-14-33/h5,8-11,22-24,26,35-36H,3-4,12-21H2,1-2H3,(H,34,39). The monoisotopic (exact) mass is 611 g/mol. The Morgan fingerprint density at radius 1 is 1.14 bits per heavy atom. The molecule has 226 valence electrons. The van der Waals surface area contributed by atoms with Crippen molar-refractivity contribution in [3.63, 3.8) is 0 Å². The van der Waals surface area contributed by atoms with Crippen molar-refractivity contribution < 1.29 is 13.4 Å². The van der Waals surface area contributed by atoms with E-state index in [4.69, 9.17) is 0 Å². The first-order valence-corrected chi connectivity index (χ1v) is 17.1. The van der Waals surface area contributed by atoms with Crippen LogP contribution in [0.5, 0.6) is 0 Å². The molecule has 2 aromatic carbocycles. The van der Waals surface area contributed by atoms with Crippen LogP contribution in [0.25, 0.3) is 10.9 Å². The van der Waals surface area contributed by atoms with E-state index in [9.17, 15) is 13.4 Å². The van der Waals surface area contributed by atoms with Gasteiger partial charge in [0.25, 0.3) is 0 Å². The summed E-state index contributed by atoms with van der Waals surface area (Å²) in [4.78, 5) is 11.8. The summed E-state index contributed by atoms with van der Waals surface area (Å²) in [5, 5.41) is 10.9. The Morgan fingerprint density at radius 2 is 1.98 bits per heavy atom. The van der Waals surface area contributed by atoms with Gasteiger partial charge in [-0.25, -0.2) is 8.70 Å². The molecule has 2 heterocycles. The van der Waals surface area contributed by atoms with Crippen LogP contribution in [0.15, 0.2) is 47.4 Å². The zero-order chi connectivity index (χ0) is 29.7. The van der Waals surface area contributed by atoms with Crippen molar-refractivity contribution in [1.29, 1.82) is 0 Å². The number of alkyl halides is 1. The number of hydrogen-bond donors (Lipinski definition) is 3. The van der Waals surface area contributed by atoms with Crippen molar-refractivity contribution in [2.45, 2.75) is 57.0 Å². The lowest BCUT2D eigenvalue weighted by Crippen LogP contribution is -2.29. The minimum Gasteiger partial charge on any atom is -0.382 e. The average Bonchev–Trinajstić information content (AvgIpc) is 3.35. The maximum atomic E-state index is 13.6. The van der Waals surface area contributed by atoms with Gasteiger partial charge in [0.1, 0.15) is 6.67 Å². The second-order valence-corrected chi connectivity index (χ2v) is 13.2. The molecule has 1 fully saturated rings. The number of amides is 1. The number of anilines is 2. The van der Waals surface area contributed by atoms with E-state index < -0.39 is 17.5 Å². The molecule has 0 bridgehead atoms. The van der Waals surface area contributed by atoms with Gasteiger partial charge in [-0.05, 0) is 85.5 Å². The predicted octanol–water partition coefficient (Wildman–Crippen LogP) is 5.42. The Balaban J connectivity index is 1.45. The van der Waals surface area contributed by atoms with Crippen LogP contribution in [0, 0.1) is 11.8 Å². The van der Waals surface area contributed by atoms with Gasteiger partial charge in [-0.15, -0.1) is 0 Å². The van der Waals surface area contributed by atoms with Crippen LogP contribution in [0.3, 0.4) is 0 Å².